The molecule has 0 fully saturated rings. The van der Waals surface area contributed by atoms with Gasteiger partial charge in [-0.3, -0.25) is 0 Å². The fourth-order valence-corrected chi connectivity index (χ4v) is 3.69. The Hall–Kier alpha value is -3.61. The normalized spacial score (nSPS) is 13.5. The van der Waals surface area contributed by atoms with Gasteiger partial charge in [0.2, 0.25) is 0 Å². The summed E-state index contributed by atoms with van der Waals surface area (Å²) in [6.07, 6.45) is 7.51. The molecule has 1 aromatic carbocycles. The molecular formula is C21H21N7. The number of nitrogens with one attached hydrogen (secondary N) is 1. The smallest absolute Gasteiger partial charge is 0.131 e. The van der Waals surface area contributed by atoms with E-state index in [1.54, 1.807) is 6.20 Å². The van der Waals surface area contributed by atoms with Crippen molar-refractivity contribution in [1.82, 2.24) is 19.5 Å². The molecule has 0 saturated heterocycles. The Labute approximate surface area is 162 Å². The zero-order valence-corrected chi connectivity index (χ0v) is 15.4. The van der Waals surface area contributed by atoms with Crippen LogP contribution in [0.2, 0.25) is 0 Å². The number of nitrogens with two attached hydrogens (primary N) is 1. The van der Waals surface area contributed by atoms with Crippen molar-refractivity contribution >= 4 is 28.1 Å². The van der Waals surface area contributed by atoms with Crippen LogP contribution in [0.1, 0.15) is 11.4 Å². The Morgan fingerprint density at radius 3 is 2.86 bits per heavy atom. The van der Waals surface area contributed by atoms with Crippen molar-refractivity contribution in [1.29, 1.82) is 0 Å². The molecule has 28 heavy (non-hydrogen) atoms. The summed E-state index contributed by atoms with van der Waals surface area (Å²) in [5.74, 6) is 2.62. The molecule has 0 spiro atoms. The molecule has 140 valence electrons. The van der Waals surface area contributed by atoms with Crippen LogP contribution in [0.15, 0.2) is 61.2 Å². The van der Waals surface area contributed by atoms with Crippen molar-refractivity contribution in [2.75, 3.05) is 22.5 Å². The van der Waals surface area contributed by atoms with Gasteiger partial charge in [-0.1, -0.05) is 12.1 Å². The van der Waals surface area contributed by atoms with E-state index in [9.17, 15) is 0 Å². The first-order valence-electron chi connectivity index (χ1n) is 9.35. The van der Waals surface area contributed by atoms with E-state index in [0.717, 1.165) is 47.7 Å². The molecule has 7 heteroatoms. The summed E-state index contributed by atoms with van der Waals surface area (Å²) < 4.78 is 2.20. The van der Waals surface area contributed by atoms with Crippen molar-refractivity contribution in [2.45, 2.75) is 19.6 Å². The Bertz CT molecular complexity index is 1130. The fraction of sp³-hybridized carbons (Fsp3) is 0.190. The quantitative estimate of drug-likeness (QED) is 0.574. The second kappa shape index (κ2) is 6.84. The molecule has 0 bridgehead atoms. The van der Waals surface area contributed by atoms with Crippen molar-refractivity contribution in [3.63, 3.8) is 0 Å². The van der Waals surface area contributed by atoms with Gasteiger partial charge >= 0.3 is 0 Å². The first kappa shape index (κ1) is 16.6. The molecule has 7 nitrogen and oxygen atoms in total. The molecule has 0 radical (unpaired) electrons. The lowest BCUT2D eigenvalue weighted by Crippen LogP contribution is -2.34. The van der Waals surface area contributed by atoms with Crippen LogP contribution >= 0.6 is 0 Å². The molecule has 0 saturated carbocycles. The number of nitrogen functional groups attached to an aromatic ring is 1. The second-order valence-electron chi connectivity index (χ2n) is 6.93. The Morgan fingerprint density at radius 2 is 1.89 bits per heavy atom. The molecule has 0 atom stereocenters. The highest BCUT2D eigenvalue weighted by molar-refractivity contribution is 5.99. The first-order chi connectivity index (χ1) is 13.8. The first-order valence-corrected chi connectivity index (χ1v) is 9.35. The van der Waals surface area contributed by atoms with Gasteiger partial charge in [0.15, 0.2) is 0 Å². The van der Waals surface area contributed by atoms with Crippen LogP contribution in [-0.4, -0.2) is 26.1 Å². The number of imidazole rings is 1. The number of pyridine rings is 2. The molecule has 3 aromatic heterocycles. The van der Waals surface area contributed by atoms with Crippen molar-refractivity contribution in [3.8, 4) is 0 Å². The van der Waals surface area contributed by atoms with E-state index in [4.69, 9.17) is 5.73 Å². The van der Waals surface area contributed by atoms with Crippen LogP contribution in [-0.2, 0) is 19.6 Å². The number of nitrogens with zero attached hydrogens (tertiary/aromatic N) is 5. The number of benzene rings is 1. The highest BCUT2D eigenvalue weighted by atomic mass is 15.3. The van der Waals surface area contributed by atoms with Gasteiger partial charge in [0.05, 0.1) is 6.54 Å². The Balaban J connectivity index is 1.35. The van der Waals surface area contributed by atoms with Crippen molar-refractivity contribution in [2.24, 2.45) is 0 Å². The third kappa shape index (κ3) is 3.00. The maximum atomic E-state index is 6.00. The predicted octanol–water partition coefficient (Wildman–Crippen LogP) is 3.04. The highest BCUT2D eigenvalue weighted by Gasteiger charge is 2.18. The largest absolute Gasteiger partial charge is 0.383 e. The van der Waals surface area contributed by atoms with E-state index in [1.165, 1.54) is 5.56 Å². The summed E-state index contributed by atoms with van der Waals surface area (Å²) in [7, 11) is 0. The topological polar surface area (TPSA) is 84.9 Å². The number of fused-ring (bicyclic) bond motifs is 2. The third-order valence-electron chi connectivity index (χ3n) is 5.20. The minimum atomic E-state index is 0.552. The number of hydrogen-bond acceptors (Lipinski definition) is 6. The molecule has 4 heterocycles. The molecule has 1 aliphatic rings. The number of aromatic nitrogens is 4. The number of hydrogen-bond donors (Lipinski definition) is 2. The van der Waals surface area contributed by atoms with Gasteiger partial charge in [0, 0.05) is 60.9 Å². The molecule has 3 N–H and O–H groups in total. The number of rotatable bonds is 4. The fourth-order valence-electron chi connectivity index (χ4n) is 3.69. The summed E-state index contributed by atoms with van der Waals surface area (Å²) in [5, 5.41) is 5.57. The standard InChI is InChI=1S/C21H21N7/c22-21-17-2-1-3-18(16(17)5-7-25-21)26-13-15-4-6-23-19(12-15)28-11-10-27-9-8-24-20(27)14-28/h1-9,12,26H,10-11,13-14H2,(H2,22,25). The van der Waals surface area contributed by atoms with Crippen molar-refractivity contribution in [3.05, 3.63) is 72.6 Å². The van der Waals surface area contributed by atoms with E-state index in [1.807, 2.05) is 42.9 Å². The Morgan fingerprint density at radius 1 is 0.964 bits per heavy atom. The summed E-state index contributed by atoms with van der Waals surface area (Å²) in [6.45, 7) is 3.36. The van der Waals surface area contributed by atoms with Gasteiger partial charge < -0.3 is 20.5 Å². The van der Waals surface area contributed by atoms with Crippen LogP contribution in [0.4, 0.5) is 17.3 Å². The monoisotopic (exact) mass is 371 g/mol. The zero-order valence-electron chi connectivity index (χ0n) is 15.4. The van der Waals surface area contributed by atoms with E-state index in [0.29, 0.717) is 12.4 Å². The van der Waals surface area contributed by atoms with Gasteiger partial charge in [0.25, 0.3) is 0 Å². The van der Waals surface area contributed by atoms with Crippen molar-refractivity contribution < 1.29 is 0 Å². The Kier molecular flexibility index (Phi) is 4.05. The molecule has 4 aromatic rings. The van der Waals surface area contributed by atoms with Gasteiger partial charge in [-0.05, 0) is 29.8 Å². The summed E-state index contributed by atoms with van der Waals surface area (Å²) in [6, 6.07) is 12.2. The van der Waals surface area contributed by atoms with Crippen LogP contribution in [0.25, 0.3) is 10.8 Å². The predicted molar refractivity (Wildman–Crippen MR) is 111 cm³/mol. The molecule has 0 aliphatic carbocycles. The maximum absolute atomic E-state index is 6.00. The van der Waals surface area contributed by atoms with Crippen LogP contribution in [0.5, 0.6) is 0 Å². The van der Waals surface area contributed by atoms with E-state index < -0.39 is 0 Å². The molecule has 5 rings (SSSR count). The molecule has 0 unspecified atom stereocenters. The lowest BCUT2D eigenvalue weighted by atomic mass is 10.1. The van der Waals surface area contributed by atoms with E-state index in [-0.39, 0.29) is 0 Å². The molecule has 0 amide bonds. The van der Waals surface area contributed by atoms with Crippen LogP contribution in [0, 0.1) is 0 Å². The van der Waals surface area contributed by atoms with Gasteiger partial charge in [0.1, 0.15) is 17.5 Å². The second-order valence-corrected chi connectivity index (χ2v) is 6.93. The summed E-state index contributed by atoms with van der Waals surface area (Å²) in [4.78, 5) is 15.5. The SMILES string of the molecule is Nc1nccc2c(NCc3ccnc(N4CCn5ccnc5C4)c3)cccc12. The van der Waals surface area contributed by atoms with Gasteiger partial charge in [-0.25, -0.2) is 15.0 Å². The lowest BCUT2D eigenvalue weighted by molar-refractivity contribution is 0.556. The minimum absolute atomic E-state index is 0.552. The van der Waals surface area contributed by atoms with E-state index >= 15 is 0 Å². The van der Waals surface area contributed by atoms with E-state index in [2.05, 4.69) is 41.9 Å². The third-order valence-corrected chi connectivity index (χ3v) is 5.20. The maximum Gasteiger partial charge on any atom is 0.131 e. The number of anilines is 3. The zero-order chi connectivity index (χ0) is 18.9. The van der Waals surface area contributed by atoms with Gasteiger partial charge in [-0.15, -0.1) is 0 Å². The average Bonchev–Trinajstić information content (AvgIpc) is 3.21. The van der Waals surface area contributed by atoms with Crippen LogP contribution < -0.4 is 16.0 Å². The average molecular weight is 371 g/mol. The lowest BCUT2D eigenvalue weighted by Gasteiger charge is -2.28. The highest BCUT2D eigenvalue weighted by Crippen LogP contribution is 2.27. The molecule has 1 aliphatic heterocycles. The minimum Gasteiger partial charge on any atom is -0.383 e. The molecular weight excluding hydrogens is 350 g/mol. The summed E-state index contributed by atoms with van der Waals surface area (Å²) >= 11 is 0. The summed E-state index contributed by atoms with van der Waals surface area (Å²) in [5.41, 5.74) is 8.23. The van der Waals surface area contributed by atoms with Gasteiger partial charge in [-0.2, -0.15) is 0 Å². The van der Waals surface area contributed by atoms with Crippen LogP contribution in [0.3, 0.4) is 0 Å².